The molecule has 6 heteroatoms. The second-order valence-corrected chi connectivity index (χ2v) is 18.3. The molecular weight excluding hydrogens is 374 g/mol. The molecule has 0 N–H and O–H groups in total. The van der Waals surface area contributed by atoms with Gasteiger partial charge in [0.1, 0.15) is 0 Å². The van der Waals surface area contributed by atoms with Gasteiger partial charge in [-0.15, -0.1) is 0 Å². The standard InChI is InChI=1S/C21H41NO3SSi/c1-20(2,3)26(23,24)22-18(15-14-17-12-10-9-11-13-17)19(22)16-25-27(7,8)21(4,5)6/h14-15,17-19H,9-13,16H2,1-8H3/b15-14+/t18-,19+,22?/m1/s1. The lowest BCUT2D eigenvalue weighted by Gasteiger charge is -2.36. The van der Waals surface area contributed by atoms with Gasteiger partial charge >= 0.3 is 0 Å². The molecule has 0 amide bonds. The van der Waals surface area contributed by atoms with E-state index in [1.165, 1.54) is 32.1 Å². The Kier molecular flexibility index (Phi) is 6.78. The molecule has 2 fully saturated rings. The highest BCUT2D eigenvalue weighted by molar-refractivity contribution is 7.90. The van der Waals surface area contributed by atoms with Gasteiger partial charge in [0.25, 0.3) is 0 Å². The Balaban J connectivity index is 2.12. The number of rotatable bonds is 6. The Labute approximate surface area is 168 Å². The van der Waals surface area contributed by atoms with E-state index in [1.807, 2.05) is 0 Å². The summed E-state index contributed by atoms with van der Waals surface area (Å²) < 4.78 is 33.4. The van der Waals surface area contributed by atoms with Crippen molar-refractivity contribution in [1.29, 1.82) is 0 Å². The van der Waals surface area contributed by atoms with Crippen LogP contribution in [-0.2, 0) is 14.4 Å². The molecule has 1 saturated heterocycles. The Morgan fingerprint density at radius 3 is 2.04 bits per heavy atom. The predicted octanol–water partition coefficient (Wildman–Crippen LogP) is 5.33. The average molecular weight is 416 g/mol. The highest BCUT2D eigenvalue weighted by Crippen LogP contribution is 2.42. The van der Waals surface area contributed by atoms with Crippen molar-refractivity contribution in [3.05, 3.63) is 12.2 Å². The van der Waals surface area contributed by atoms with E-state index in [4.69, 9.17) is 4.43 Å². The Bertz CT molecular complexity index is 637. The first-order chi connectivity index (χ1) is 12.2. The molecule has 1 aliphatic carbocycles. The molecular formula is C21H41NO3SSi. The normalized spacial score (nSPS) is 28.7. The molecule has 158 valence electrons. The summed E-state index contributed by atoms with van der Waals surface area (Å²) in [6.07, 6.45) is 10.8. The van der Waals surface area contributed by atoms with Crippen molar-refractivity contribution >= 4 is 18.3 Å². The maximum Gasteiger partial charge on any atom is 0.220 e. The van der Waals surface area contributed by atoms with Crippen molar-refractivity contribution in [3.8, 4) is 0 Å². The first-order valence-corrected chi connectivity index (χ1v) is 14.9. The van der Waals surface area contributed by atoms with E-state index in [2.05, 4.69) is 46.0 Å². The molecule has 3 atom stereocenters. The second kappa shape index (κ2) is 7.92. The zero-order valence-electron chi connectivity index (χ0n) is 18.7. The molecule has 1 aliphatic heterocycles. The predicted molar refractivity (Wildman–Crippen MR) is 117 cm³/mol. The molecule has 0 radical (unpaired) electrons. The Morgan fingerprint density at radius 1 is 1.00 bits per heavy atom. The van der Waals surface area contributed by atoms with Crippen LogP contribution in [0.25, 0.3) is 0 Å². The van der Waals surface area contributed by atoms with Gasteiger partial charge in [0.05, 0.1) is 23.4 Å². The molecule has 1 heterocycles. The monoisotopic (exact) mass is 415 g/mol. The van der Waals surface area contributed by atoms with Crippen molar-refractivity contribution in [1.82, 2.24) is 4.31 Å². The summed E-state index contributed by atoms with van der Waals surface area (Å²) in [4.78, 5) is 0. The first-order valence-electron chi connectivity index (χ1n) is 10.5. The number of hydrogen-bond donors (Lipinski definition) is 0. The molecule has 0 bridgehead atoms. The molecule has 4 nitrogen and oxygen atoms in total. The number of hydrogen-bond acceptors (Lipinski definition) is 3. The third kappa shape index (κ3) is 5.25. The summed E-state index contributed by atoms with van der Waals surface area (Å²) in [5, 5.41) is 0.128. The topological polar surface area (TPSA) is 46.4 Å². The van der Waals surface area contributed by atoms with Crippen molar-refractivity contribution in [2.45, 2.75) is 109 Å². The highest BCUT2D eigenvalue weighted by Gasteiger charge is 2.57. The summed E-state index contributed by atoms with van der Waals surface area (Å²) in [5.41, 5.74) is 0. The van der Waals surface area contributed by atoms with E-state index < -0.39 is 23.1 Å². The number of nitrogens with zero attached hydrogens (tertiary/aromatic N) is 1. The van der Waals surface area contributed by atoms with Crippen LogP contribution in [0.5, 0.6) is 0 Å². The average Bonchev–Trinajstić information content (AvgIpc) is 3.24. The molecule has 0 aromatic rings. The minimum atomic E-state index is -3.34. The van der Waals surface area contributed by atoms with Gasteiger partial charge in [0.15, 0.2) is 8.32 Å². The summed E-state index contributed by atoms with van der Waals surface area (Å²) in [5.74, 6) is 0.612. The van der Waals surface area contributed by atoms with Crippen LogP contribution in [0.1, 0.15) is 73.6 Å². The SMILES string of the molecule is CC(C)(C)[Si](C)(C)OC[C@H]1[C@@H](/C=C/C2CCCCC2)N1S(=O)(=O)C(C)(C)C. The van der Waals surface area contributed by atoms with Crippen LogP contribution < -0.4 is 0 Å². The van der Waals surface area contributed by atoms with Crippen molar-refractivity contribution in [2.24, 2.45) is 5.92 Å². The summed E-state index contributed by atoms with van der Waals surface area (Å²) in [6, 6.07) is -0.0934. The lowest BCUT2D eigenvalue weighted by Crippen LogP contribution is -2.42. The van der Waals surface area contributed by atoms with Gasteiger partial charge in [-0.2, -0.15) is 4.31 Å². The van der Waals surface area contributed by atoms with E-state index >= 15 is 0 Å². The minimum absolute atomic E-state index is 0.0408. The van der Waals surface area contributed by atoms with Crippen molar-refractivity contribution in [2.75, 3.05) is 6.61 Å². The van der Waals surface area contributed by atoms with Gasteiger partial charge < -0.3 is 4.43 Å². The van der Waals surface area contributed by atoms with Gasteiger partial charge in [0.2, 0.25) is 10.0 Å². The van der Waals surface area contributed by atoms with Gasteiger partial charge in [-0.3, -0.25) is 0 Å². The third-order valence-corrected chi connectivity index (χ3v) is 13.7. The van der Waals surface area contributed by atoms with E-state index in [9.17, 15) is 8.42 Å². The molecule has 2 rings (SSSR count). The van der Waals surface area contributed by atoms with E-state index in [1.54, 1.807) is 25.1 Å². The fourth-order valence-corrected chi connectivity index (χ4v) is 6.10. The maximum atomic E-state index is 13.1. The minimum Gasteiger partial charge on any atom is -0.415 e. The fraction of sp³-hybridized carbons (Fsp3) is 0.905. The fourth-order valence-electron chi connectivity index (χ4n) is 3.42. The number of allylic oxidation sites excluding steroid dienone is 1. The lowest BCUT2D eigenvalue weighted by molar-refractivity contribution is 0.280. The number of sulfonamides is 1. The summed E-state index contributed by atoms with van der Waals surface area (Å²) in [6.45, 7) is 17.0. The van der Waals surface area contributed by atoms with Crippen LogP contribution in [0.3, 0.4) is 0 Å². The molecule has 27 heavy (non-hydrogen) atoms. The van der Waals surface area contributed by atoms with E-state index in [0.29, 0.717) is 12.5 Å². The zero-order chi connectivity index (χ0) is 20.7. The highest BCUT2D eigenvalue weighted by atomic mass is 32.2. The molecule has 0 spiro atoms. The van der Waals surface area contributed by atoms with Gasteiger partial charge in [-0.05, 0) is 57.7 Å². The molecule has 1 saturated carbocycles. The van der Waals surface area contributed by atoms with Crippen LogP contribution in [0.4, 0.5) is 0 Å². The van der Waals surface area contributed by atoms with Gasteiger partial charge in [0, 0.05) is 0 Å². The van der Waals surface area contributed by atoms with Gasteiger partial charge in [-0.1, -0.05) is 52.2 Å². The molecule has 0 aromatic carbocycles. The Morgan fingerprint density at radius 2 is 1.56 bits per heavy atom. The molecule has 1 unspecified atom stereocenters. The zero-order valence-corrected chi connectivity index (χ0v) is 20.5. The van der Waals surface area contributed by atoms with E-state index in [-0.39, 0.29) is 17.1 Å². The summed E-state index contributed by atoms with van der Waals surface area (Å²) >= 11 is 0. The largest absolute Gasteiger partial charge is 0.415 e. The van der Waals surface area contributed by atoms with Crippen LogP contribution >= 0.6 is 0 Å². The maximum absolute atomic E-state index is 13.1. The Hall–Kier alpha value is -0.173. The smallest absolute Gasteiger partial charge is 0.220 e. The second-order valence-electron chi connectivity index (χ2n) is 10.9. The van der Waals surface area contributed by atoms with Crippen molar-refractivity contribution in [3.63, 3.8) is 0 Å². The van der Waals surface area contributed by atoms with Crippen molar-refractivity contribution < 1.29 is 12.8 Å². The third-order valence-electron chi connectivity index (χ3n) is 6.63. The van der Waals surface area contributed by atoms with Gasteiger partial charge in [-0.25, -0.2) is 8.42 Å². The molecule has 0 aromatic heterocycles. The van der Waals surface area contributed by atoms with Crippen LogP contribution in [0, 0.1) is 5.92 Å². The van der Waals surface area contributed by atoms with Crippen LogP contribution in [-0.4, -0.2) is 44.5 Å². The van der Waals surface area contributed by atoms with E-state index in [0.717, 1.165) is 0 Å². The first kappa shape index (κ1) is 23.1. The lowest BCUT2D eigenvalue weighted by atomic mass is 9.89. The van der Waals surface area contributed by atoms with Crippen LogP contribution in [0.2, 0.25) is 18.1 Å². The quantitative estimate of drug-likeness (QED) is 0.335. The summed E-state index contributed by atoms with van der Waals surface area (Å²) in [7, 11) is -5.23. The van der Waals surface area contributed by atoms with Crippen LogP contribution in [0.15, 0.2) is 12.2 Å². The molecule has 2 aliphatic rings.